The fourth-order valence-corrected chi connectivity index (χ4v) is 7.16. The molecule has 8 nitrogen and oxygen atoms in total. The van der Waals surface area contributed by atoms with Gasteiger partial charge in [-0.15, -0.1) is 22.7 Å². The number of aryl methyl sites for hydroxylation is 1. The maximum absolute atomic E-state index is 13.4. The number of rotatable bonds is 3. The van der Waals surface area contributed by atoms with Crippen LogP contribution in [0.1, 0.15) is 87.1 Å². The van der Waals surface area contributed by atoms with Crippen molar-refractivity contribution in [2.75, 3.05) is 0 Å². The number of cyclic esters (lactones) is 1. The molecule has 0 aromatic carbocycles. The van der Waals surface area contributed by atoms with E-state index in [9.17, 15) is 24.6 Å². The maximum Gasteiger partial charge on any atom is 0.309 e. The topological polar surface area (TPSA) is 117 Å². The molecule has 2 saturated heterocycles. The molecule has 2 aromatic heterocycles. The molecule has 224 valence electrons. The van der Waals surface area contributed by atoms with Gasteiger partial charge in [-0.05, 0) is 55.7 Å². The summed E-state index contributed by atoms with van der Waals surface area (Å²) in [6.45, 7) is 10.7. The Morgan fingerprint density at radius 2 is 1.90 bits per heavy atom. The van der Waals surface area contributed by atoms with E-state index in [0.29, 0.717) is 17.7 Å². The highest BCUT2D eigenvalue weighted by molar-refractivity contribution is 7.12. The molecule has 1 amide bonds. The number of ether oxygens (including phenoxy) is 1. The van der Waals surface area contributed by atoms with Crippen LogP contribution >= 0.6 is 22.7 Å². The summed E-state index contributed by atoms with van der Waals surface area (Å²) in [5, 5.41) is 26.8. The van der Waals surface area contributed by atoms with Crippen LogP contribution in [0.3, 0.4) is 0 Å². The van der Waals surface area contributed by atoms with E-state index in [4.69, 9.17) is 4.74 Å². The predicted molar refractivity (Wildman–Crippen MR) is 161 cm³/mol. The standard InChI is InChI=1S/C31H42N2O6S2/c1-17-9-7-10-22-23(33(22)30(38)25-11-8-12-40-25)14-24(18(2)13-21-16-41-20(4)32-21)39-27(35)15-26(34)31(5,6)29(37)19(3)28(17)36/h8,11-13,16-17,19,22-24,26,28,34,36H,7,9-10,14-15H2,1-6H3/b18-13+/t17-,19+,22+,23-,24-,26-,28-,33?/m0/s1. The van der Waals surface area contributed by atoms with Crippen molar-refractivity contribution in [3.63, 3.8) is 0 Å². The Morgan fingerprint density at radius 3 is 2.54 bits per heavy atom. The van der Waals surface area contributed by atoms with E-state index < -0.39 is 35.6 Å². The van der Waals surface area contributed by atoms with Gasteiger partial charge >= 0.3 is 5.97 Å². The van der Waals surface area contributed by atoms with Crippen molar-refractivity contribution in [2.45, 2.75) is 104 Å². The van der Waals surface area contributed by atoms with E-state index in [-0.39, 0.29) is 36.1 Å². The Labute approximate surface area is 250 Å². The highest BCUT2D eigenvalue weighted by Crippen LogP contribution is 2.41. The van der Waals surface area contributed by atoms with E-state index in [2.05, 4.69) is 4.98 Å². The maximum atomic E-state index is 13.4. The molecule has 2 fully saturated rings. The van der Waals surface area contributed by atoms with Crippen LogP contribution in [-0.2, 0) is 14.3 Å². The van der Waals surface area contributed by atoms with Gasteiger partial charge in [-0.25, -0.2) is 4.98 Å². The molecule has 4 heterocycles. The van der Waals surface area contributed by atoms with Gasteiger partial charge in [0.25, 0.3) is 5.91 Å². The molecule has 0 bridgehead atoms. The van der Waals surface area contributed by atoms with Gasteiger partial charge in [-0.3, -0.25) is 14.4 Å². The molecule has 7 atom stereocenters. The van der Waals surface area contributed by atoms with Crippen LogP contribution in [0, 0.1) is 24.2 Å². The lowest BCUT2D eigenvalue weighted by Crippen LogP contribution is -2.45. The summed E-state index contributed by atoms with van der Waals surface area (Å²) in [5.74, 6) is -1.78. The Bertz CT molecular complexity index is 1270. The van der Waals surface area contributed by atoms with Crippen LogP contribution in [0.4, 0.5) is 0 Å². The summed E-state index contributed by atoms with van der Waals surface area (Å²) in [4.78, 5) is 47.1. The van der Waals surface area contributed by atoms with E-state index in [1.165, 1.54) is 22.7 Å². The average Bonchev–Trinajstić information content (AvgIpc) is 3.25. The molecule has 0 aliphatic carbocycles. The van der Waals surface area contributed by atoms with Crippen molar-refractivity contribution in [1.82, 2.24) is 9.88 Å². The molecule has 2 N–H and O–H groups in total. The number of esters is 1. The van der Waals surface area contributed by atoms with Crippen molar-refractivity contribution < 1.29 is 29.3 Å². The monoisotopic (exact) mass is 602 g/mol. The smallest absolute Gasteiger partial charge is 0.309 e. The number of hydrogen-bond acceptors (Lipinski definition) is 9. The van der Waals surface area contributed by atoms with Gasteiger partial charge in [0.15, 0.2) is 0 Å². The Hall–Kier alpha value is -2.40. The second-order valence-corrected chi connectivity index (χ2v) is 14.2. The molecule has 41 heavy (non-hydrogen) atoms. The van der Waals surface area contributed by atoms with Crippen molar-refractivity contribution in [3.05, 3.63) is 44.0 Å². The van der Waals surface area contributed by atoms with Crippen molar-refractivity contribution in [3.8, 4) is 0 Å². The quantitative estimate of drug-likeness (QED) is 0.363. The lowest BCUT2D eigenvalue weighted by molar-refractivity contribution is -0.154. The first-order valence-electron chi connectivity index (χ1n) is 14.4. The number of fused-ring (bicyclic) bond motifs is 1. The number of carbonyl (C=O) groups excluding carboxylic acids is 3. The third-order valence-corrected chi connectivity index (χ3v) is 10.4. The predicted octanol–water partition coefficient (Wildman–Crippen LogP) is 5.27. The number of carbonyl (C=O) groups is 3. The first kappa shape index (κ1) is 31.5. The molecule has 0 radical (unpaired) electrons. The van der Waals surface area contributed by atoms with Gasteiger partial charge in [0.2, 0.25) is 0 Å². The molecule has 2 aromatic rings. The summed E-state index contributed by atoms with van der Waals surface area (Å²) < 4.78 is 5.98. The zero-order chi connectivity index (χ0) is 30.1. The van der Waals surface area contributed by atoms with Crippen LogP contribution in [-0.4, -0.2) is 68.2 Å². The number of hydrogen-bond donors (Lipinski definition) is 2. The Kier molecular flexibility index (Phi) is 9.89. The minimum atomic E-state index is -1.28. The Morgan fingerprint density at radius 1 is 1.17 bits per heavy atom. The fourth-order valence-electron chi connectivity index (χ4n) is 5.92. The zero-order valence-electron chi connectivity index (χ0n) is 24.7. The second-order valence-electron chi connectivity index (χ2n) is 12.2. The summed E-state index contributed by atoms with van der Waals surface area (Å²) in [7, 11) is 0. The van der Waals surface area contributed by atoms with Gasteiger partial charge in [0.1, 0.15) is 11.9 Å². The van der Waals surface area contributed by atoms with Gasteiger partial charge in [-0.1, -0.05) is 40.2 Å². The van der Waals surface area contributed by atoms with Crippen LogP contribution < -0.4 is 0 Å². The SMILES string of the molecule is C/C(=C\c1csc(C)n1)[C@@H]1C[C@H]2[C@@H](CCC[C@H](C)[C@H](O)[C@@H](C)C(=O)C(C)(C)[C@@H](O)CC(=O)O1)N2C(=O)c1cccs1. The number of ketones is 1. The first-order chi connectivity index (χ1) is 19.3. The van der Waals surface area contributed by atoms with Crippen molar-refractivity contribution in [2.24, 2.45) is 17.3 Å². The number of aliphatic hydroxyl groups is 2. The highest BCUT2D eigenvalue weighted by Gasteiger charge is 2.52. The zero-order valence-corrected chi connectivity index (χ0v) is 26.3. The van der Waals surface area contributed by atoms with E-state index in [1.54, 1.807) is 20.8 Å². The number of amides is 1. The van der Waals surface area contributed by atoms with Crippen LogP contribution in [0.15, 0.2) is 28.5 Å². The molecule has 4 rings (SSSR count). The molecular formula is C31H42N2O6S2. The molecule has 10 heteroatoms. The van der Waals surface area contributed by atoms with Gasteiger partial charge in [-0.2, -0.15) is 0 Å². The number of nitrogens with zero attached hydrogens (tertiary/aromatic N) is 2. The molecular weight excluding hydrogens is 560 g/mol. The minimum Gasteiger partial charge on any atom is -0.458 e. The summed E-state index contributed by atoms with van der Waals surface area (Å²) in [6.07, 6.45) is 1.41. The molecule has 0 spiro atoms. The molecule has 2 aliphatic rings. The highest BCUT2D eigenvalue weighted by atomic mass is 32.1. The van der Waals surface area contributed by atoms with E-state index in [1.807, 2.05) is 54.6 Å². The second kappa shape index (κ2) is 12.9. The molecule has 0 unspecified atom stereocenters. The van der Waals surface area contributed by atoms with Crippen molar-refractivity contribution in [1.29, 1.82) is 0 Å². The third-order valence-electron chi connectivity index (χ3n) is 8.78. The number of Topliss-reactive ketones (excluding diaryl/α,β-unsaturated/α-hetero) is 1. The summed E-state index contributed by atoms with van der Waals surface area (Å²) >= 11 is 2.94. The number of thiazole rings is 1. The number of aromatic nitrogens is 1. The number of aliphatic hydroxyl groups excluding tert-OH is 2. The average molecular weight is 603 g/mol. The summed E-state index contributed by atoms with van der Waals surface area (Å²) in [6, 6.07) is 3.56. The Balaban J connectivity index is 1.65. The van der Waals surface area contributed by atoms with E-state index in [0.717, 1.165) is 29.1 Å². The summed E-state index contributed by atoms with van der Waals surface area (Å²) in [5.41, 5.74) is 0.328. The number of thiophene rings is 1. The fraction of sp³-hybridized carbons (Fsp3) is 0.613. The van der Waals surface area contributed by atoms with Crippen LogP contribution in [0.2, 0.25) is 0 Å². The van der Waals surface area contributed by atoms with Crippen molar-refractivity contribution >= 4 is 46.4 Å². The van der Waals surface area contributed by atoms with Gasteiger partial charge in [0.05, 0.1) is 51.7 Å². The lowest BCUT2D eigenvalue weighted by Gasteiger charge is -2.34. The van der Waals surface area contributed by atoms with Gasteiger partial charge < -0.3 is 19.8 Å². The van der Waals surface area contributed by atoms with Gasteiger partial charge in [0, 0.05) is 17.7 Å². The normalized spacial score (nSPS) is 31.9. The van der Waals surface area contributed by atoms with E-state index >= 15 is 0 Å². The third kappa shape index (κ3) is 7.16. The molecule has 2 aliphatic heterocycles. The lowest BCUT2D eigenvalue weighted by atomic mass is 9.73. The minimum absolute atomic E-state index is 0.0130. The first-order valence-corrected chi connectivity index (χ1v) is 16.1. The molecule has 0 saturated carbocycles. The van der Waals surface area contributed by atoms with Crippen LogP contribution in [0.5, 0.6) is 0 Å². The largest absolute Gasteiger partial charge is 0.458 e. The van der Waals surface area contributed by atoms with Crippen LogP contribution in [0.25, 0.3) is 6.08 Å².